The molecular weight excluding hydrogens is 500 g/mol. The van der Waals surface area contributed by atoms with Crippen LogP contribution >= 0.6 is 39.5 Å². The Hall–Kier alpha value is -1.84. The molecule has 1 heterocycles. The average molecular weight is 525 g/mol. The van der Waals surface area contributed by atoms with Crippen molar-refractivity contribution < 1.29 is 19.0 Å². The summed E-state index contributed by atoms with van der Waals surface area (Å²) in [5, 5.41) is 4.01. The van der Waals surface area contributed by atoms with Gasteiger partial charge in [-0.15, -0.1) is 23.5 Å². The van der Waals surface area contributed by atoms with E-state index in [1.165, 1.54) is 17.1 Å². The summed E-state index contributed by atoms with van der Waals surface area (Å²) in [6.07, 6.45) is 1.55. The highest BCUT2D eigenvalue weighted by Crippen LogP contribution is 2.45. The minimum atomic E-state index is -0.336. The summed E-state index contributed by atoms with van der Waals surface area (Å²) in [4.78, 5) is 12.0. The van der Waals surface area contributed by atoms with Gasteiger partial charge in [0.1, 0.15) is 5.75 Å². The molecule has 1 aliphatic heterocycles. The standard InChI is InChI=1S/C22H25BrN2O4S2/c1-3-27-19-12-15(11-18(23)21(19)28-4-2)13-24-25-20(26)14-29-17-7-5-16(6-8-17)22-30-9-10-31-22/h5-8,11-13,22H,3-4,9-10,14H2,1-2H3,(H,25,26)/b24-13-. The lowest BCUT2D eigenvalue weighted by Gasteiger charge is -2.13. The van der Waals surface area contributed by atoms with E-state index in [1.807, 2.05) is 61.6 Å². The Balaban J connectivity index is 1.51. The molecule has 9 heteroatoms. The summed E-state index contributed by atoms with van der Waals surface area (Å²) in [5.74, 6) is 3.97. The number of ether oxygens (including phenoxy) is 3. The smallest absolute Gasteiger partial charge is 0.277 e. The lowest BCUT2D eigenvalue weighted by molar-refractivity contribution is -0.123. The molecule has 6 nitrogen and oxygen atoms in total. The van der Waals surface area contributed by atoms with Crippen molar-refractivity contribution in [1.82, 2.24) is 5.43 Å². The van der Waals surface area contributed by atoms with Crippen LogP contribution in [-0.2, 0) is 4.79 Å². The fourth-order valence-corrected chi connectivity index (χ4v) is 6.28. The third-order valence-corrected chi connectivity index (χ3v) is 7.86. The van der Waals surface area contributed by atoms with E-state index in [9.17, 15) is 4.79 Å². The van der Waals surface area contributed by atoms with Crippen molar-refractivity contribution in [2.45, 2.75) is 18.4 Å². The molecule has 0 radical (unpaired) electrons. The number of halogens is 1. The predicted octanol–water partition coefficient (Wildman–Crippen LogP) is 5.25. The van der Waals surface area contributed by atoms with Gasteiger partial charge in [-0.25, -0.2) is 5.43 Å². The maximum atomic E-state index is 12.0. The molecule has 0 bridgehead atoms. The Bertz CT molecular complexity index is 903. The molecule has 0 atom stereocenters. The molecule has 1 saturated heterocycles. The number of rotatable bonds is 10. The second-order valence-electron chi connectivity index (χ2n) is 6.42. The van der Waals surface area contributed by atoms with E-state index in [0.717, 1.165) is 10.0 Å². The number of nitrogens with one attached hydrogen (secondary N) is 1. The summed E-state index contributed by atoms with van der Waals surface area (Å²) in [5.41, 5.74) is 4.52. The molecule has 31 heavy (non-hydrogen) atoms. The molecule has 3 rings (SSSR count). The number of hydrogen-bond donors (Lipinski definition) is 1. The molecule has 0 unspecified atom stereocenters. The van der Waals surface area contributed by atoms with Crippen LogP contribution in [0.15, 0.2) is 46.0 Å². The van der Waals surface area contributed by atoms with Gasteiger partial charge in [-0.1, -0.05) is 12.1 Å². The summed E-state index contributed by atoms with van der Waals surface area (Å²) in [6, 6.07) is 11.6. The van der Waals surface area contributed by atoms with Crippen LogP contribution in [0, 0.1) is 0 Å². The Morgan fingerprint density at radius 3 is 2.52 bits per heavy atom. The SMILES string of the molecule is CCOc1cc(/C=N\NC(=O)COc2ccc(C3SCCS3)cc2)cc(Br)c1OCC. The van der Waals surface area contributed by atoms with Crippen molar-refractivity contribution in [3.8, 4) is 17.2 Å². The second-order valence-corrected chi connectivity index (χ2v) is 10.00. The quantitative estimate of drug-likeness (QED) is 0.338. The Kier molecular flexibility index (Phi) is 9.42. The van der Waals surface area contributed by atoms with Gasteiger partial charge < -0.3 is 14.2 Å². The fourth-order valence-electron chi connectivity index (χ4n) is 2.84. The van der Waals surface area contributed by atoms with Crippen LogP contribution in [0.5, 0.6) is 17.2 Å². The highest BCUT2D eigenvalue weighted by Gasteiger charge is 2.18. The van der Waals surface area contributed by atoms with Crippen LogP contribution < -0.4 is 19.6 Å². The highest BCUT2D eigenvalue weighted by atomic mass is 79.9. The molecule has 0 aromatic heterocycles. The fraction of sp³-hybridized carbons (Fsp3) is 0.364. The Morgan fingerprint density at radius 2 is 1.84 bits per heavy atom. The summed E-state index contributed by atoms with van der Waals surface area (Å²) in [7, 11) is 0. The van der Waals surface area contributed by atoms with Gasteiger partial charge in [0, 0.05) is 11.5 Å². The number of amides is 1. The number of hydrazone groups is 1. The van der Waals surface area contributed by atoms with Gasteiger partial charge >= 0.3 is 0 Å². The molecule has 0 saturated carbocycles. The third kappa shape index (κ3) is 7.08. The number of carbonyl (C=O) groups is 1. The van der Waals surface area contributed by atoms with E-state index in [0.29, 0.717) is 35.0 Å². The number of carbonyl (C=O) groups excluding carboxylic acids is 1. The monoisotopic (exact) mass is 524 g/mol. The molecule has 1 fully saturated rings. The first-order chi connectivity index (χ1) is 15.1. The minimum absolute atomic E-state index is 0.110. The van der Waals surface area contributed by atoms with E-state index in [-0.39, 0.29) is 12.5 Å². The lowest BCUT2D eigenvalue weighted by atomic mass is 10.2. The first kappa shape index (κ1) is 23.8. The van der Waals surface area contributed by atoms with Crippen molar-refractivity contribution in [3.63, 3.8) is 0 Å². The minimum Gasteiger partial charge on any atom is -0.490 e. The van der Waals surface area contributed by atoms with Gasteiger partial charge in [0.05, 0.1) is 28.5 Å². The summed E-state index contributed by atoms with van der Waals surface area (Å²) in [6.45, 7) is 4.76. The third-order valence-electron chi connectivity index (χ3n) is 4.17. The van der Waals surface area contributed by atoms with Crippen LogP contribution in [0.4, 0.5) is 0 Å². The number of thioether (sulfide) groups is 2. The van der Waals surface area contributed by atoms with Gasteiger partial charge in [-0.05, 0) is 65.2 Å². The van der Waals surface area contributed by atoms with Crippen LogP contribution in [0.2, 0.25) is 0 Å². The Morgan fingerprint density at radius 1 is 1.13 bits per heavy atom. The van der Waals surface area contributed by atoms with Crippen LogP contribution in [0.1, 0.15) is 29.6 Å². The van der Waals surface area contributed by atoms with E-state index >= 15 is 0 Å². The first-order valence-electron chi connectivity index (χ1n) is 9.97. The van der Waals surface area contributed by atoms with Crippen LogP contribution in [0.25, 0.3) is 0 Å². The lowest BCUT2D eigenvalue weighted by Crippen LogP contribution is -2.24. The molecule has 1 amide bonds. The summed E-state index contributed by atoms with van der Waals surface area (Å²) >= 11 is 7.41. The molecule has 1 N–H and O–H groups in total. The van der Waals surface area contributed by atoms with E-state index < -0.39 is 0 Å². The number of nitrogens with zero attached hydrogens (tertiary/aromatic N) is 1. The predicted molar refractivity (Wildman–Crippen MR) is 132 cm³/mol. The molecule has 2 aromatic rings. The van der Waals surface area contributed by atoms with E-state index in [2.05, 4.69) is 38.6 Å². The van der Waals surface area contributed by atoms with Crippen molar-refractivity contribution in [3.05, 3.63) is 52.0 Å². The number of hydrogen-bond acceptors (Lipinski definition) is 7. The van der Waals surface area contributed by atoms with Crippen LogP contribution in [-0.4, -0.2) is 43.4 Å². The molecular formula is C22H25BrN2O4S2. The second kappa shape index (κ2) is 12.3. The Labute approximate surface area is 199 Å². The highest BCUT2D eigenvalue weighted by molar-refractivity contribution is 9.10. The van der Waals surface area contributed by atoms with Crippen molar-refractivity contribution in [2.24, 2.45) is 5.10 Å². The molecule has 166 valence electrons. The summed E-state index contributed by atoms with van der Waals surface area (Å²) < 4.78 is 18.1. The van der Waals surface area contributed by atoms with Crippen molar-refractivity contribution >= 4 is 51.6 Å². The van der Waals surface area contributed by atoms with Crippen molar-refractivity contribution in [1.29, 1.82) is 0 Å². The van der Waals surface area contributed by atoms with Crippen LogP contribution in [0.3, 0.4) is 0 Å². The first-order valence-corrected chi connectivity index (χ1v) is 12.9. The zero-order valence-electron chi connectivity index (χ0n) is 17.4. The van der Waals surface area contributed by atoms with Gasteiger partial charge in [-0.2, -0.15) is 5.10 Å². The van der Waals surface area contributed by atoms with Gasteiger partial charge in [0.25, 0.3) is 5.91 Å². The van der Waals surface area contributed by atoms with Crippen molar-refractivity contribution in [2.75, 3.05) is 31.3 Å². The van der Waals surface area contributed by atoms with Gasteiger partial charge in [0.15, 0.2) is 18.1 Å². The zero-order chi connectivity index (χ0) is 22.1. The maximum Gasteiger partial charge on any atom is 0.277 e. The van der Waals surface area contributed by atoms with Gasteiger partial charge in [0.2, 0.25) is 0 Å². The molecule has 2 aromatic carbocycles. The average Bonchev–Trinajstić information content (AvgIpc) is 3.30. The van der Waals surface area contributed by atoms with Gasteiger partial charge in [-0.3, -0.25) is 4.79 Å². The largest absolute Gasteiger partial charge is 0.490 e. The zero-order valence-corrected chi connectivity index (χ0v) is 20.6. The molecule has 0 aliphatic carbocycles. The molecule has 1 aliphatic rings. The van der Waals surface area contributed by atoms with E-state index in [4.69, 9.17) is 14.2 Å². The maximum absolute atomic E-state index is 12.0. The number of benzene rings is 2. The molecule has 0 spiro atoms. The van der Waals surface area contributed by atoms with E-state index in [1.54, 1.807) is 6.21 Å². The topological polar surface area (TPSA) is 69.2 Å². The normalized spacial score (nSPS) is 14.0.